The zero-order valence-electron chi connectivity index (χ0n) is 19.5. The first kappa shape index (κ1) is 22.6. The van der Waals surface area contributed by atoms with Crippen molar-refractivity contribution in [1.29, 1.82) is 0 Å². The van der Waals surface area contributed by atoms with Crippen LogP contribution in [0.4, 0.5) is 0 Å². The zero-order valence-corrected chi connectivity index (χ0v) is 21.1. The van der Waals surface area contributed by atoms with Crippen LogP contribution in [0.5, 0.6) is 0 Å². The Morgan fingerprint density at radius 3 is 2.37 bits per heavy atom. The van der Waals surface area contributed by atoms with Crippen LogP contribution in [-0.4, -0.2) is 9.55 Å². The van der Waals surface area contributed by atoms with Gasteiger partial charge in [-0.05, 0) is 54.7 Å². The second kappa shape index (κ2) is 9.33. The number of para-hydroxylation sites is 1. The van der Waals surface area contributed by atoms with E-state index in [0.717, 1.165) is 57.5 Å². The van der Waals surface area contributed by atoms with Gasteiger partial charge in [-0.25, -0.2) is 4.98 Å². The van der Waals surface area contributed by atoms with Crippen LogP contribution in [0.1, 0.15) is 48.8 Å². The van der Waals surface area contributed by atoms with Crippen LogP contribution in [0, 0.1) is 0 Å². The van der Waals surface area contributed by atoms with Crippen LogP contribution >= 0.6 is 23.4 Å². The van der Waals surface area contributed by atoms with Gasteiger partial charge in [0.15, 0.2) is 5.16 Å². The molecule has 1 spiro atoms. The molecule has 0 radical (unpaired) electrons. The Morgan fingerprint density at radius 2 is 1.60 bits per heavy atom. The molecular weight excluding hydrogens is 472 g/mol. The van der Waals surface area contributed by atoms with Gasteiger partial charge in [-0.15, -0.1) is 0 Å². The number of halogens is 1. The van der Waals surface area contributed by atoms with E-state index in [2.05, 4.69) is 24.3 Å². The van der Waals surface area contributed by atoms with E-state index in [9.17, 15) is 4.79 Å². The Kier molecular flexibility index (Phi) is 6.03. The third-order valence-corrected chi connectivity index (χ3v) is 8.75. The molecule has 2 aliphatic rings. The fourth-order valence-corrected chi connectivity index (χ4v) is 6.91. The fraction of sp³-hybridized carbons (Fsp3) is 0.267. The molecule has 0 saturated heterocycles. The topological polar surface area (TPSA) is 34.9 Å². The molecule has 1 saturated carbocycles. The summed E-state index contributed by atoms with van der Waals surface area (Å²) in [6.07, 6.45) is 6.61. The lowest BCUT2D eigenvalue weighted by Crippen LogP contribution is -2.42. The molecule has 0 aliphatic heterocycles. The molecule has 5 heteroatoms. The Bertz CT molecular complexity index is 1420. The first-order chi connectivity index (χ1) is 17.1. The molecule has 35 heavy (non-hydrogen) atoms. The molecule has 1 fully saturated rings. The minimum Gasteiger partial charge on any atom is -0.268 e. The van der Waals surface area contributed by atoms with Gasteiger partial charge in [0.1, 0.15) is 0 Å². The van der Waals surface area contributed by atoms with E-state index in [0.29, 0.717) is 5.75 Å². The molecule has 176 valence electrons. The highest BCUT2D eigenvalue weighted by atomic mass is 35.5. The molecule has 3 nitrogen and oxygen atoms in total. The summed E-state index contributed by atoms with van der Waals surface area (Å²) in [5.41, 5.74) is 6.24. The third-order valence-electron chi connectivity index (χ3n) is 7.49. The van der Waals surface area contributed by atoms with Crippen LogP contribution in [0.3, 0.4) is 0 Å². The number of hydrogen-bond donors (Lipinski definition) is 0. The molecule has 3 aromatic carbocycles. The highest BCUT2D eigenvalue weighted by Crippen LogP contribution is 2.49. The number of nitrogens with zero attached hydrogens (tertiary/aromatic N) is 2. The summed E-state index contributed by atoms with van der Waals surface area (Å²) in [4.78, 5) is 19.7. The Balaban J connectivity index is 1.56. The van der Waals surface area contributed by atoms with Gasteiger partial charge in [-0.3, -0.25) is 9.36 Å². The Morgan fingerprint density at radius 1 is 0.886 bits per heavy atom. The van der Waals surface area contributed by atoms with Crippen molar-refractivity contribution in [2.75, 3.05) is 0 Å². The number of fused-ring (bicyclic) bond motifs is 4. The largest absolute Gasteiger partial charge is 0.268 e. The SMILES string of the molecule is O=c1c2c(nc(SCc3ccc(Cl)cc3)n1-c1ccccc1)-c1ccccc1CC21CCCCC1. The molecule has 0 N–H and O–H groups in total. The zero-order chi connectivity index (χ0) is 23.8. The third kappa shape index (κ3) is 4.13. The number of thioether (sulfide) groups is 1. The van der Waals surface area contributed by atoms with Crippen molar-refractivity contribution in [2.45, 2.75) is 54.8 Å². The molecular formula is C30H27ClN2OS. The van der Waals surface area contributed by atoms with Gasteiger partial charge in [-0.2, -0.15) is 0 Å². The molecule has 4 aromatic rings. The normalized spacial score (nSPS) is 16.0. The summed E-state index contributed by atoms with van der Waals surface area (Å²) in [6.45, 7) is 0. The second-order valence-electron chi connectivity index (χ2n) is 9.68. The quantitative estimate of drug-likeness (QED) is 0.214. The first-order valence-corrected chi connectivity index (χ1v) is 13.7. The molecule has 0 atom stereocenters. The molecule has 0 amide bonds. The highest BCUT2D eigenvalue weighted by molar-refractivity contribution is 7.98. The predicted octanol–water partition coefficient (Wildman–Crippen LogP) is 7.60. The van der Waals surface area contributed by atoms with Gasteiger partial charge in [0.05, 0.1) is 16.9 Å². The predicted molar refractivity (Wildman–Crippen MR) is 145 cm³/mol. The smallest absolute Gasteiger partial charge is 0.263 e. The fourth-order valence-electron chi connectivity index (χ4n) is 5.82. The number of rotatable bonds is 4. The van der Waals surface area contributed by atoms with Crippen molar-refractivity contribution in [3.05, 3.63) is 111 Å². The molecule has 0 unspecified atom stereocenters. The van der Waals surface area contributed by atoms with E-state index in [-0.39, 0.29) is 11.0 Å². The average molecular weight is 499 g/mol. The maximum atomic E-state index is 14.5. The van der Waals surface area contributed by atoms with E-state index in [1.807, 2.05) is 59.2 Å². The average Bonchev–Trinajstić information content (AvgIpc) is 2.89. The van der Waals surface area contributed by atoms with Crippen molar-refractivity contribution >= 4 is 23.4 Å². The highest BCUT2D eigenvalue weighted by Gasteiger charge is 2.43. The van der Waals surface area contributed by atoms with Gasteiger partial charge in [0, 0.05) is 21.8 Å². The Hall–Kier alpha value is -2.82. The first-order valence-electron chi connectivity index (χ1n) is 12.3. The lowest BCUT2D eigenvalue weighted by Gasteiger charge is -2.42. The molecule has 6 rings (SSSR count). The lowest BCUT2D eigenvalue weighted by atomic mass is 9.62. The second-order valence-corrected chi connectivity index (χ2v) is 11.1. The van der Waals surface area contributed by atoms with Crippen LogP contribution in [0.15, 0.2) is 88.8 Å². The molecule has 0 bridgehead atoms. The van der Waals surface area contributed by atoms with Crippen molar-refractivity contribution in [1.82, 2.24) is 9.55 Å². The number of aromatic nitrogens is 2. The minimum absolute atomic E-state index is 0.0937. The minimum atomic E-state index is -0.123. The number of hydrogen-bond acceptors (Lipinski definition) is 3. The van der Waals surface area contributed by atoms with Gasteiger partial charge in [0.2, 0.25) is 0 Å². The van der Waals surface area contributed by atoms with Crippen molar-refractivity contribution in [3.63, 3.8) is 0 Å². The summed E-state index contributed by atoms with van der Waals surface area (Å²) >= 11 is 7.69. The standard InChI is InChI=1S/C30H27ClN2OS/c31-23-15-13-21(14-16-23)20-35-29-32-27-25-12-6-5-9-22(25)19-30(17-7-2-8-18-30)26(27)28(34)33(29)24-10-3-1-4-11-24/h1,3-6,9-16H,2,7-8,17-20H2. The molecule has 1 aromatic heterocycles. The summed E-state index contributed by atoms with van der Waals surface area (Å²) in [7, 11) is 0. The van der Waals surface area contributed by atoms with Gasteiger partial charge in [0.25, 0.3) is 5.56 Å². The van der Waals surface area contributed by atoms with E-state index < -0.39 is 0 Å². The Labute approximate surface area is 215 Å². The van der Waals surface area contributed by atoms with E-state index >= 15 is 0 Å². The lowest BCUT2D eigenvalue weighted by molar-refractivity contribution is 0.283. The summed E-state index contributed by atoms with van der Waals surface area (Å²) in [5.74, 6) is 0.710. The van der Waals surface area contributed by atoms with Crippen LogP contribution in [0.25, 0.3) is 16.9 Å². The van der Waals surface area contributed by atoms with Crippen molar-refractivity contribution in [2.24, 2.45) is 0 Å². The van der Waals surface area contributed by atoms with Crippen molar-refractivity contribution in [3.8, 4) is 16.9 Å². The van der Waals surface area contributed by atoms with Gasteiger partial charge >= 0.3 is 0 Å². The van der Waals surface area contributed by atoms with E-state index in [4.69, 9.17) is 16.6 Å². The van der Waals surface area contributed by atoms with Crippen LogP contribution < -0.4 is 5.56 Å². The van der Waals surface area contributed by atoms with Gasteiger partial charge in [-0.1, -0.05) is 97.2 Å². The molecule has 1 heterocycles. The van der Waals surface area contributed by atoms with Gasteiger partial charge < -0.3 is 0 Å². The van der Waals surface area contributed by atoms with E-state index in [1.54, 1.807) is 11.8 Å². The summed E-state index contributed by atoms with van der Waals surface area (Å²) < 4.78 is 1.85. The molecule has 2 aliphatic carbocycles. The van der Waals surface area contributed by atoms with E-state index in [1.165, 1.54) is 24.8 Å². The summed E-state index contributed by atoms with van der Waals surface area (Å²) in [6, 6.07) is 26.4. The number of benzene rings is 3. The van der Waals surface area contributed by atoms with Crippen LogP contribution in [0.2, 0.25) is 5.02 Å². The van der Waals surface area contributed by atoms with Crippen LogP contribution in [-0.2, 0) is 17.6 Å². The monoisotopic (exact) mass is 498 g/mol. The van der Waals surface area contributed by atoms with Crippen molar-refractivity contribution < 1.29 is 0 Å². The maximum Gasteiger partial charge on any atom is 0.263 e. The summed E-state index contributed by atoms with van der Waals surface area (Å²) in [5, 5.41) is 1.46. The maximum absolute atomic E-state index is 14.5.